The van der Waals surface area contributed by atoms with Crippen LogP contribution >= 0.6 is 0 Å². The SMILES string of the molecule is COc1cc(-c2c(F)ccc(C(F)CCN[SH](=O)=O)c2F)cc2c(N3CCOCC3)nc(-c3cnc(N)nc3)nc12. The monoisotopic (exact) mass is 589 g/mol. The van der Waals surface area contributed by atoms with Crippen LogP contribution < -0.4 is 20.1 Å². The third-order valence-electron chi connectivity index (χ3n) is 6.59. The molecule has 1 atom stereocenters. The van der Waals surface area contributed by atoms with Gasteiger partial charge >= 0.3 is 0 Å². The summed E-state index contributed by atoms with van der Waals surface area (Å²) < 4.78 is 80.4. The number of nitrogens with two attached hydrogens (primary N) is 1. The highest BCUT2D eigenvalue weighted by Crippen LogP contribution is 2.40. The van der Waals surface area contributed by atoms with E-state index in [0.717, 1.165) is 12.1 Å². The van der Waals surface area contributed by atoms with Crippen molar-refractivity contribution in [2.75, 3.05) is 50.6 Å². The number of nitrogen functional groups attached to an aromatic ring is 1. The molecule has 1 unspecified atom stereocenters. The van der Waals surface area contributed by atoms with E-state index in [-0.39, 0.29) is 36.1 Å². The highest BCUT2D eigenvalue weighted by Gasteiger charge is 2.25. The van der Waals surface area contributed by atoms with Gasteiger partial charge in [-0.15, -0.1) is 0 Å². The van der Waals surface area contributed by atoms with Crippen LogP contribution in [-0.2, 0) is 15.6 Å². The molecule has 1 aliphatic heterocycles. The number of anilines is 2. The molecule has 2 aromatic heterocycles. The number of benzene rings is 2. The van der Waals surface area contributed by atoms with Crippen LogP contribution in [0.15, 0.2) is 36.7 Å². The fourth-order valence-electron chi connectivity index (χ4n) is 4.60. The van der Waals surface area contributed by atoms with Crippen LogP contribution in [0.4, 0.5) is 24.9 Å². The number of thiol groups is 1. The molecule has 0 radical (unpaired) electrons. The van der Waals surface area contributed by atoms with E-state index in [1.54, 1.807) is 0 Å². The number of ether oxygens (including phenoxy) is 2. The summed E-state index contributed by atoms with van der Waals surface area (Å²) in [4.78, 5) is 19.4. The number of hydrogen-bond acceptors (Lipinski definition) is 10. The third-order valence-corrected chi connectivity index (χ3v) is 7.07. The van der Waals surface area contributed by atoms with Crippen molar-refractivity contribution in [3.05, 3.63) is 53.9 Å². The largest absolute Gasteiger partial charge is 0.494 e. The van der Waals surface area contributed by atoms with E-state index in [2.05, 4.69) is 19.7 Å². The Bertz CT molecular complexity index is 1640. The van der Waals surface area contributed by atoms with E-state index in [9.17, 15) is 12.8 Å². The average Bonchev–Trinajstić information content (AvgIpc) is 2.97. The molecule has 5 rings (SSSR count). The Hall–Kier alpha value is -4.08. The number of aromatic nitrogens is 4. The maximum absolute atomic E-state index is 15.7. The minimum Gasteiger partial charge on any atom is -0.494 e. The van der Waals surface area contributed by atoms with Gasteiger partial charge in [0.15, 0.2) is 5.82 Å². The summed E-state index contributed by atoms with van der Waals surface area (Å²) in [6, 6.07) is 4.94. The van der Waals surface area contributed by atoms with Crippen molar-refractivity contribution in [2.24, 2.45) is 0 Å². The van der Waals surface area contributed by atoms with E-state index in [4.69, 9.17) is 20.2 Å². The molecule has 1 aliphatic rings. The van der Waals surface area contributed by atoms with Crippen LogP contribution in [0.25, 0.3) is 33.4 Å². The molecule has 3 N–H and O–H groups in total. The number of nitrogens with zero attached hydrogens (tertiary/aromatic N) is 5. The Balaban J connectivity index is 1.67. The van der Waals surface area contributed by atoms with Gasteiger partial charge in [-0.3, -0.25) is 0 Å². The normalized spacial score (nSPS) is 14.5. The van der Waals surface area contributed by atoms with E-state index in [1.807, 2.05) is 4.90 Å². The van der Waals surface area contributed by atoms with Crippen molar-refractivity contribution < 1.29 is 31.1 Å². The first-order valence-electron chi connectivity index (χ1n) is 12.6. The highest BCUT2D eigenvalue weighted by molar-refractivity contribution is 7.70. The van der Waals surface area contributed by atoms with Crippen molar-refractivity contribution in [1.82, 2.24) is 24.7 Å². The maximum atomic E-state index is 15.7. The molecule has 2 aromatic carbocycles. The molecule has 0 aliphatic carbocycles. The summed E-state index contributed by atoms with van der Waals surface area (Å²) in [6.45, 7) is 1.65. The summed E-state index contributed by atoms with van der Waals surface area (Å²) in [5.74, 6) is -0.956. The van der Waals surface area contributed by atoms with E-state index < -0.39 is 39.8 Å². The van der Waals surface area contributed by atoms with Crippen LogP contribution in [0.5, 0.6) is 5.75 Å². The van der Waals surface area contributed by atoms with Crippen molar-refractivity contribution in [2.45, 2.75) is 12.6 Å². The Morgan fingerprint density at radius 2 is 1.85 bits per heavy atom. The predicted octanol–water partition coefficient (Wildman–Crippen LogP) is 2.98. The zero-order valence-corrected chi connectivity index (χ0v) is 22.7. The molecule has 41 heavy (non-hydrogen) atoms. The number of nitrogens with one attached hydrogen (secondary N) is 1. The summed E-state index contributed by atoms with van der Waals surface area (Å²) in [7, 11) is -1.53. The summed E-state index contributed by atoms with van der Waals surface area (Å²) >= 11 is 0. The minimum absolute atomic E-state index is 0.0841. The van der Waals surface area contributed by atoms with Crippen LogP contribution in [0.2, 0.25) is 0 Å². The number of alkyl halides is 1. The molecular formula is C26H26F3N7O4S. The smallest absolute Gasteiger partial charge is 0.219 e. The second kappa shape index (κ2) is 12.2. The lowest BCUT2D eigenvalue weighted by Gasteiger charge is -2.29. The quantitative estimate of drug-likeness (QED) is 0.249. The third kappa shape index (κ3) is 6.01. The average molecular weight is 590 g/mol. The van der Waals surface area contributed by atoms with Gasteiger partial charge in [0.25, 0.3) is 0 Å². The Kier molecular flexibility index (Phi) is 8.46. The van der Waals surface area contributed by atoms with Crippen LogP contribution in [-0.4, -0.2) is 68.3 Å². The lowest BCUT2D eigenvalue weighted by molar-refractivity contribution is 0.122. The summed E-state index contributed by atoms with van der Waals surface area (Å²) in [6.07, 6.45) is 0.763. The van der Waals surface area contributed by atoms with Crippen LogP contribution in [0.3, 0.4) is 0 Å². The van der Waals surface area contributed by atoms with Crippen molar-refractivity contribution >= 4 is 33.6 Å². The first kappa shape index (κ1) is 28.4. The summed E-state index contributed by atoms with van der Waals surface area (Å²) in [5, 5.41) is 0.450. The van der Waals surface area contributed by atoms with E-state index in [1.165, 1.54) is 31.6 Å². The van der Waals surface area contributed by atoms with Gasteiger partial charge in [-0.1, -0.05) is 6.07 Å². The van der Waals surface area contributed by atoms with Gasteiger partial charge in [-0.05, 0) is 30.2 Å². The highest BCUT2D eigenvalue weighted by atomic mass is 32.2. The predicted molar refractivity (Wildman–Crippen MR) is 147 cm³/mol. The van der Waals surface area contributed by atoms with Crippen molar-refractivity contribution in [3.63, 3.8) is 0 Å². The molecule has 1 saturated heterocycles. The Labute approximate surface area is 234 Å². The van der Waals surface area contributed by atoms with E-state index in [0.29, 0.717) is 48.6 Å². The number of hydrogen-bond donors (Lipinski definition) is 3. The maximum Gasteiger partial charge on any atom is 0.219 e. The van der Waals surface area contributed by atoms with Gasteiger partial charge in [0, 0.05) is 43.0 Å². The van der Waals surface area contributed by atoms with Gasteiger partial charge in [-0.25, -0.2) is 46.2 Å². The standard InChI is InChI=1S/C26H26F3N7O4S/c1-39-20-11-14(21-19(28)3-2-16(22(21)29)18(27)4-5-33-41(37)38)10-17-23(20)34-24(15-12-31-26(30)32-13-15)35-25(17)36-6-8-40-9-7-36/h2-3,10-13,18,41H,4-9H2,1H3,(H2,30,31,32)(H,33,37,38). The number of morpholine rings is 1. The molecule has 4 aromatic rings. The molecule has 1 fully saturated rings. The second-order valence-electron chi connectivity index (χ2n) is 9.12. The van der Waals surface area contributed by atoms with Crippen LogP contribution in [0.1, 0.15) is 18.2 Å². The fraction of sp³-hybridized carbons (Fsp3) is 0.308. The van der Waals surface area contributed by atoms with Gasteiger partial charge < -0.3 is 20.1 Å². The molecule has 15 heteroatoms. The van der Waals surface area contributed by atoms with Gasteiger partial charge in [0.05, 0.1) is 31.5 Å². The van der Waals surface area contributed by atoms with E-state index >= 15 is 8.78 Å². The fourth-order valence-corrected chi connectivity index (χ4v) is 4.91. The number of fused-ring (bicyclic) bond motifs is 1. The minimum atomic E-state index is -2.93. The van der Waals surface area contributed by atoms with Gasteiger partial charge in [-0.2, -0.15) is 0 Å². The molecule has 11 nitrogen and oxygen atoms in total. The van der Waals surface area contributed by atoms with Crippen molar-refractivity contribution in [3.8, 4) is 28.3 Å². The first-order valence-corrected chi connectivity index (χ1v) is 13.7. The van der Waals surface area contributed by atoms with Crippen LogP contribution in [0, 0.1) is 11.6 Å². The zero-order chi connectivity index (χ0) is 29.1. The Morgan fingerprint density at radius 3 is 2.54 bits per heavy atom. The number of halogens is 3. The first-order chi connectivity index (χ1) is 19.8. The molecule has 0 spiro atoms. The van der Waals surface area contributed by atoms with Gasteiger partial charge in [0.2, 0.25) is 16.8 Å². The molecular weight excluding hydrogens is 563 g/mol. The topological polar surface area (TPSA) is 145 Å². The lowest BCUT2D eigenvalue weighted by atomic mass is 9.96. The molecule has 0 bridgehead atoms. The molecule has 216 valence electrons. The summed E-state index contributed by atoms with van der Waals surface area (Å²) in [5.41, 5.74) is 5.73. The zero-order valence-electron chi connectivity index (χ0n) is 21.8. The molecule has 0 saturated carbocycles. The Morgan fingerprint density at radius 1 is 1.12 bits per heavy atom. The molecule has 0 amide bonds. The number of rotatable bonds is 9. The second-order valence-corrected chi connectivity index (χ2v) is 9.95. The molecule has 3 heterocycles. The number of methoxy groups -OCH3 is 1. The van der Waals surface area contributed by atoms with Crippen molar-refractivity contribution in [1.29, 1.82) is 0 Å². The lowest BCUT2D eigenvalue weighted by Crippen LogP contribution is -2.37. The van der Waals surface area contributed by atoms with Gasteiger partial charge in [0.1, 0.15) is 34.9 Å².